The molecule has 1 aliphatic heterocycles. The first-order chi connectivity index (χ1) is 5.38. The third kappa shape index (κ3) is 2.29. The molecule has 64 valence electrons. The first kappa shape index (κ1) is 8.71. The molecular weight excluding hydrogens is 140 g/mol. The van der Waals surface area contributed by atoms with Crippen molar-refractivity contribution in [3.05, 3.63) is 12.7 Å². The highest BCUT2D eigenvalue weighted by Gasteiger charge is 2.20. The second-order valence-corrected chi connectivity index (χ2v) is 2.88. The minimum atomic E-state index is 0.249. The lowest BCUT2D eigenvalue weighted by Gasteiger charge is -2.27. The maximum atomic E-state index is 5.35. The van der Waals surface area contributed by atoms with Crippen LogP contribution in [-0.2, 0) is 4.74 Å². The van der Waals surface area contributed by atoms with Gasteiger partial charge in [-0.05, 0) is 18.8 Å². The van der Waals surface area contributed by atoms with Crippen molar-refractivity contribution in [2.75, 3.05) is 13.2 Å². The Balaban J connectivity index is 2.35. The number of hydrazine groups is 1. The lowest BCUT2D eigenvalue weighted by atomic mass is 9.92. The van der Waals surface area contributed by atoms with E-state index in [4.69, 9.17) is 10.6 Å². The van der Waals surface area contributed by atoms with Gasteiger partial charge in [0.05, 0.1) is 0 Å². The fourth-order valence-electron chi connectivity index (χ4n) is 1.47. The summed E-state index contributed by atoms with van der Waals surface area (Å²) in [6.45, 7) is 5.44. The third-order valence-electron chi connectivity index (χ3n) is 2.22. The first-order valence-electron chi connectivity index (χ1n) is 4.05. The fourth-order valence-corrected chi connectivity index (χ4v) is 1.47. The topological polar surface area (TPSA) is 47.3 Å². The van der Waals surface area contributed by atoms with Crippen LogP contribution in [0, 0.1) is 5.92 Å². The van der Waals surface area contributed by atoms with Crippen molar-refractivity contribution in [1.29, 1.82) is 0 Å². The molecular formula is C8H16N2O. The van der Waals surface area contributed by atoms with Gasteiger partial charge in [-0.15, -0.1) is 6.58 Å². The molecule has 1 atom stereocenters. The summed E-state index contributed by atoms with van der Waals surface area (Å²) < 4.78 is 5.24. The lowest BCUT2D eigenvalue weighted by Crippen LogP contribution is -2.41. The van der Waals surface area contributed by atoms with Gasteiger partial charge in [0.25, 0.3) is 0 Å². The third-order valence-corrected chi connectivity index (χ3v) is 2.22. The van der Waals surface area contributed by atoms with Gasteiger partial charge in [-0.1, -0.05) is 6.08 Å². The van der Waals surface area contributed by atoms with Crippen LogP contribution >= 0.6 is 0 Å². The molecule has 0 aromatic heterocycles. The van der Waals surface area contributed by atoms with Crippen molar-refractivity contribution < 1.29 is 4.74 Å². The standard InChI is InChI=1S/C8H16N2O/c1-2-8(10-9)7-3-5-11-6-4-7/h2,7-8,10H,1,3-6,9H2. The second-order valence-electron chi connectivity index (χ2n) is 2.88. The normalized spacial score (nSPS) is 23.0. The van der Waals surface area contributed by atoms with E-state index >= 15 is 0 Å². The SMILES string of the molecule is C=CC(NN)C1CCOCC1. The zero-order valence-corrected chi connectivity index (χ0v) is 6.75. The van der Waals surface area contributed by atoms with E-state index in [1.54, 1.807) is 0 Å². The van der Waals surface area contributed by atoms with Gasteiger partial charge in [0.1, 0.15) is 0 Å². The zero-order chi connectivity index (χ0) is 8.10. The number of nitrogens with two attached hydrogens (primary N) is 1. The van der Waals surface area contributed by atoms with Crippen molar-refractivity contribution in [1.82, 2.24) is 5.43 Å². The van der Waals surface area contributed by atoms with Crippen LogP contribution in [0.4, 0.5) is 0 Å². The summed E-state index contributed by atoms with van der Waals surface area (Å²) in [5.74, 6) is 5.96. The highest BCUT2D eigenvalue weighted by molar-refractivity contribution is 4.90. The van der Waals surface area contributed by atoms with Gasteiger partial charge >= 0.3 is 0 Å². The molecule has 1 heterocycles. The Morgan fingerprint density at radius 2 is 2.18 bits per heavy atom. The van der Waals surface area contributed by atoms with E-state index in [0.717, 1.165) is 26.1 Å². The van der Waals surface area contributed by atoms with E-state index in [-0.39, 0.29) is 6.04 Å². The van der Waals surface area contributed by atoms with Gasteiger partial charge in [0, 0.05) is 19.3 Å². The average molecular weight is 156 g/mol. The molecule has 0 radical (unpaired) electrons. The lowest BCUT2D eigenvalue weighted by molar-refractivity contribution is 0.0592. The molecule has 3 nitrogen and oxygen atoms in total. The van der Waals surface area contributed by atoms with Crippen molar-refractivity contribution in [2.45, 2.75) is 18.9 Å². The summed E-state index contributed by atoms with van der Waals surface area (Å²) in [6.07, 6.45) is 4.04. The minimum absolute atomic E-state index is 0.249. The van der Waals surface area contributed by atoms with Crippen LogP contribution < -0.4 is 11.3 Å². The molecule has 0 saturated carbocycles. The van der Waals surface area contributed by atoms with Crippen molar-refractivity contribution in [3.8, 4) is 0 Å². The van der Waals surface area contributed by atoms with Crippen molar-refractivity contribution in [2.24, 2.45) is 11.8 Å². The van der Waals surface area contributed by atoms with Crippen LogP contribution in [0.5, 0.6) is 0 Å². The minimum Gasteiger partial charge on any atom is -0.381 e. The Kier molecular flexibility index (Phi) is 3.56. The molecule has 1 aliphatic rings. The Bertz CT molecular complexity index is 121. The van der Waals surface area contributed by atoms with Crippen LogP contribution in [0.1, 0.15) is 12.8 Å². The van der Waals surface area contributed by atoms with Gasteiger partial charge in [-0.3, -0.25) is 11.3 Å². The monoisotopic (exact) mass is 156 g/mol. The summed E-state index contributed by atoms with van der Waals surface area (Å²) in [5, 5.41) is 0. The van der Waals surface area contributed by atoms with E-state index in [9.17, 15) is 0 Å². The molecule has 11 heavy (non-hydrogen) atoms. The smallest absolute Gasteiger partial charge is 0.0469 e. The molecule has 3 N–H and O–H groups in total. The number of rotatable bonds is 3. The first-order valence-corrected chi connectivity index (χ1v) is 4.05. The van der Waals surface area contributed by atoms with E-state index in [1.807, 2.05) is 6.08 Å². The van der Waals surface area contributed by atoms with Crippen LogP contribution in [0.2, 0.25) is 0 Å². The summed E-state index contributed by atoms with van der Waals surface area (Å²) in [6, 6.07) is 0.249. The Morgan fingerprint density at radius 1 is 1.55 bits per heavy atom. The molecule has 0 bridgehead atoms. The maximum Gasteiger partial charge on any atom is 0.0469 e. The van der Waals surface area contributed by atoms with Crippen LogP contribution in [0.3, 0.4) is 0 Å². The number of hydrogen-bond acceptors (Lipinski definition) is 3. The molecule has 0 aromatic rings. The quantitative estimate of drug-likeness (QED) is 0.354. The summed E-state index contributed by atoms with van der Waals surface area (Å²) in [4.78, 5) is 0. The number of hydrogen-bond donors (Lipinski definition) is 2. The number of nitrogens with one attached hydrogen (secondary N) is 1. The fraction of sp³-hybridized carbons (Fsp3) is 0.750. The van der Waals surface area contributed by atoms with Crippen LogP contribution in [0.25, 0.3) is 0 Å². The molecule has 1 rings (SSSR count). The van der Waals surface area contributed by atoms with E-state index in [1.165, 1.54) is 0 Å². The Labute approximate surface area is 67.6 Å². The zero-order valence-electron chi connectivity index (χ0n) is 6.75. The summed E-state index contributed by atoms with van der Waals surface area (Å²) in [7, 11) is 0. The second kappa shape index (κ2) is 4.49. The number of ether oxygens (including phenoxy) is 1. The van der Waals surface area contributed by atoms with Crippen LogP contribution in [0.15, 0.2) is 12.7 Å². The molecule has 0 amide bonds. The average Bonchev–Trinajstić information content (AvgIpc) is 2.09. The molecule has 0 aliphatic carbocycles. The maximum absolute atomic E-state index is 5.35. The van der Waals surface area contributed by atoms with Gasteiger partial charge in [-0.25, -0.2) is 0 Å². The molecule has 0 aromatic carbocycles. The van der Waals surface area contributed by atoms with E-state index in [0.29, 0.717) is 5.92 Å². The summed E-state index contributed by atoms with van der Waals surface area (Å²) in [5.41, 5.74) is 2.75. The van der Waals surface area contributed by atoms with Gasteiger partial charge in [0.2, 0.25) is 0 Å². The van der Waals surface area contributed by atoms with Crippen molar-refractivity contribution in [3.63, 3.8) is 0 Å². The molecule has 3 heteroatoms. The highest BCUT2D eigenvalue weighted by Crippen LogP contribution is 2.18. The molecule has 1 unspecified atom stereocenters. The predicted octanol–water partition coefficient (Wildman–Crippen LogP) is 0.431. The molecule has 1 fully saturated rings. The highest BCUT2D eigenvalue weighted by atomic mass is 16.5. The Hall–Kier alpha value is -0.380. The van der Waals surface area contributed by atoms with Gasteiger partial charge in [0.15, 0.2) is 0 Å². The van der Waals surface area contributed by atoms with Gasteiger partial charge in [-0.2, -0.15) is 0 Å². The molecule has 1 saturated heterocycles. The van der Waals surface area contributed by atoms with Gasteiger partial charge < -0.3 is 4.74 Å². The molecule has 0 spiro atoms. The predicted molar refractivity (Wildman–Crippen MR) is 44.9 cm³/mol. The Morgan fingerprint density at radius 3 is 2.64 bits per heavy atom. The van der Waals surface area contributed by atoms with E-state index in [2.05, 4.69) is 12.0 Å². The van der Waals surface area contributed by atoms with Crippen molar-refractivity contribution >= 4 is 0 Å². The van der Waals surface area contributed by atoms with Crippen LogP contribution in [-0.4, -0.2) is 19.3 Å². The van der Waals surface area contributed by atoms with E-state index < -0.39 is 0 Å². The largest absolute Gasteiger partial charge is 0.381 e. The summed E-state index contributed by atoms with van der Waals surface area (Å²) >= 11 is 0.